The van der Waals surface area contributed by atoms with Crippen molar-refractivity contribution in [1.29, 1.82) is 0 Å². The lowest BCUT2D eigenvalue weighted by Crippen LogP contribution is -2.17. The molecule has 0 saturated heterocycles. The quantitative estimate of drug-likeness (QED) is 0.345. The molecule has 3 rings (SSSR count). The maximum Gasteiger partial charge on any atom is 0.344 e. The van der Waals surface area contributed by atoms with Crippen molar-refractivity contribution in [3.63, 3.8) is 0 Å². The van der Waals surface area contributed by atoms with E-state index in [4.69, 9.17) is 14.9 Å². The number of anilines is 1. The first-order valence-corrected chi connectivity index (χ1v) is 7.28. The van der Waals surface area contributed by atoms with E-state index in [9.17, 15) is 9.59 Å². The highest BCUT2D eigenvalue weighted by Crippen LogP contribution is 2.25. The third-order valence-corrected chi connectivity index (χ3v) is 3.70. The molecule has 2 N–H and O–H groups in total. The van der Waals surface area contributed by atoms with Crippen LogP contribution in [-0.4, -0.2) is 5.97 Å². The molecule has 5 heteroatoms. The van der Waals surface area contributed by atoms with Gasteiger partial charge in [0.2, 0.25) is 0 Å². The number of benzene rings is 2. The maximum atomic E-state index is 12.7. The van der Waals surface area contributed by atoms with Crippen molar-refractivity contribution in [2.75, 3.05) is 5.73 Å². The van der Waals surface area contributed by atoms with Crippen LogP contribution in [0.4, 0.5) is 5.69 Å². The predicted molar refractivity (Wildman–Crippen MR) is 93.1 cm³/mol. The summed E-state index contributed by atoms with van der Waals surface area (Å²) in [4.78, 5) is 24.7. The van der Waals surface area contributed by atoms with Crippen molar-refractivity contribution in [3.8, 4) is 5.75 Å². The lowest BCUT2D eigenvalue weighted by Gasteiger charge is -2.11. The van der Waals surface area contributed by atoms with E-state index in [2.05, 4.69) is 6.58 Å². The number of esters is 1. The smallest absolute Gasteiger partial charge is 0.344 e. The lowest BCUT2D eigenvalue weighted by atomic mass is 10.1. The summed E-state index contributed by atoms with van der Waals surface area (Å²) in [6, 6.07) is 11.8. The number of para-hydroxylation sites is 1. The fraction of sp³-hybridized carbons (Fsp3) is 0.0526. The molecule has 1 aromatic heterocycles. The maximum absolute atomic E-state index is 12.7. The number of carbonyl (C=O) groups excluding carboxylic acids is 1. The molecule has 0 atom stereocenters. The Labute approximate surface area is 138 Å². The average Bonchev–Trinajstić information content (AvgIpc) is 2.56. The van der Waals surface area contributed by atoms with Gasteiger partial charge in [0.05, 0.1) is 5.56 Å². The van der Waals surface area contributed by atoms with Crippen LogP contribution in [0.3, 0.4) is 0 Å². The zero-order chi connectivity index (χ0) is 17.3. The topological polar surface area (TPSA) is 82.5 Å². The molecule has 0 saturated carbocycles. The fourth-order valence-electron chi connectivity index (χ4n) is 2.47. The lowest BCUT2D eigenvalue weighted by molar-refractivity contribution is 0.0735. The van der Waals surface area contributed by atoms with Gasteiger partial charge in [0, 0.05) is 28.3 Å². The molecule has 2 aromatic carbocycles. The van der Waals surface area contributed by atoms with E-state index < -0.39 is 11.6 Å². The molecule has 3 aromatic rings. The number of hydrogen-bond donors (Lipinski definition) is 1. The molecule has 120 valence electrons. The minimum Gasteiger partial charge on any atom is -0.422 e. The first-order chi connectivity index (χ1) is 11.5. The van der Waals surface area contributed by atoms with Gasteiger partial charge in [-0.3, -0.25) is 0 Å². The number of hydrogen-bond acceptors (Lipinski definition) is 5. The second-order valence-corrected chi connectivity index (χ2v) is 5.28. The molecule has 0 fully saturated rings. The standard InChI is InChI=1S/C19H15NO4/c1-3-12-6-4-5-7-15(12)23-19(22)17-11(2)18(21)24-16-10-13(20)8-9-14(16)17/h3-10H,1,20H2,2H3. The Morgan fingerprint density at radius 3 is 2.75 bits per heavy atom. The average molecular weight is 321 g/mol. The summed E-state index contributed by atoms with van der Waals surface area (Å²) in [5.41, 5.74) is 6.83. The molecule has 0 aliphatic carbocycles. The van der Waals surface area contributed by atoms with Gasteiger partial charge in [-0.15, -0.1) is 0 Å². The van der Waals surface area contributed by atoms with Gasteiger partial charge in [0.1, 0.15) is 11.3 Å². The SMILES string of the molecule is C=Cc1ccccc1OC(=O)c1c(C)c(=O)oc2cc(N)ccc12. The largest absolute Gasteiger partial charge is 0.422 e. The number of carbonyl (C=O) groups is 1. The van der Waals surface area contributed by atoms with Crippen LogP contribution in [0.5, 0.6) is 5.75 Å². The number of nitrogen functional groups attached to an aromatic ring is 1. The van der Waals surface area contributed by atoms with Gasteiger partial charge in [-0.25, -0.2) is 9.59 Å². The summed E-state index contributed by atoms with van der Waals surface area (Å²) in [5, 5.41) is 0.474. The van der Waals surface area contributed by atoms with Crippen molar-refractivity contribution in [3.05, 3.63) is 76.2 Å². The summed E-state index contributed by atoms with van der Waals surface area (Å²) < 4.78 is 10.7. The Hall–Kier alpha value is -3.34. The molecule has 0 unspecified atom stereocenters. The molecule has 24 heavy (non-hydrogen) atoms. The Bertz CT molecular complexity index is 1020. The molecular weight excluding hydrogens is 306 g/mol. The summed E-state index contributed by atoms with van der Waals surface area (Å²) in [6.07, 6.45) is 1.59. The summed E-state index contributed by atoms with van der Waals surface area (Å²) in [5.74, 6) is -0.266. The highest BCUT2D eigenvalue weighted by molar-refractivity contribution is 6.05. The monoisotopic (exact) mass is 321 g/mol. The van der Waals surface area contributed by atoms with Crippen molar-refractivity contribution in [2.24, 2.45) is 0 Å². The Balaban J connectivity index is 2.14. The van der Waals surface area contributed by atoms with Crippen molar-refractivity contribution in [2.45, 2.75) is 6.92 Å². The van der Waals surface area contributed by atoms with Gasteiger partial charge in [-0.1, -0.05) is 30.9 Å². The second kappa shape index (κ2) is 6.04. The van der Waals surface area contributed by atoms with Crippen molar-refractivity contribution >= 4 is 28.7 Å². The van der Waals surface area contributed by atoms with E-state index in [-0.39, 0.29) is 16.7 Å². The predicted octanol–water partition coefficient (Wildman–Crippen LogP) is 3.55. The number of ether oxygens (including phenoxy) is 1. The normalized spacial score (nSPS) is 10.5. The molecule has 0 aliphatic heterocycles. The van der Waals surface area contributed by atoms with Crippen LogP contribution in [0.1, 0.15) is 21.5 Å². The third kappa shape index (κ3) is 2.67. The van der Waals surface area contributed by atoms with Gasteiger partial charge < -0.3 is 14.9 Å². The Kier molecular flexibility index (Phi) is 3.92. The first kappa shape index (κ1) is 15.6. The molecule has 0 spiro atoms. The van der Waals surface area contributed by atoms with E-state index in [1.807, 2.05) is 6.07 Å². The van der Waals surface area contributed by atoms with Crippen molar-refractivity contribution < 1.29 is 13.9 Å². The van der Waals surface area contributed by atoms with Gasteiger partial charge in [0.25, 0.3) is 0 Å². The summed E-state index contributed by atoms with van der Waals surface area (Å²) in [6.45, 7) is 5.22. The van der Waals surface area contributed by atoms with E-state index in [1.54, 1.807) is 36.4 Å². The van der Waals surface area contributed by atoms with Crippen LogP contribution in [-0.2, 0) is 0 Å². The zero-order valence-electron chi connectivity index (χ0n) is 13.0. The van der Waals surface area contributed by atoms with Crippen LogP contribution in [0.2, 0.25) is 0 Å². The van der Waals surface area contributed by atoms with Crippen LogP contribution in [0.25, 0.3) is 17.0 Å². The number of nitrogens with two attached hydrogens (primary N) is 1. The van der Waals surface area contributed by atoms with Gasteiger partial charge in [-0.05, 0) is 25.1 Å². The minimum atomic E-state index is -0.635. The summed E-state index contributed by atoms with van der Waals surface area (Å²) in [7, 11) is 0. The molecule has 5 nitrogen and oxygen atoms in total. The Morgan fingerprint density at radius 1 is 1.25 bits per heavy atom. The first-order valence-electron chi connectivity index (χ1n) is 7.28. The van der Waals surface area contributed by atoms with Crippen LogP contribution < -0.4 is 16.1 Å². The van der Waals surface area contributed by atoms with Crippen molar-refractivity contribution in [1.82, 2.24) is 0 Å². The molecule has 1 heterocycles. The summed E-state index contributed by atoms with van der Waals surface area (Å²) >= 11 is 0. The molecule has 0 radical (unpaired) electrons. The van der Waals surface area contributed by atoms with Gasteiger partial charge in [-0.2, -0.15) is 0 Å². The van der Waals surface area contributed by atoms with Crippen LogP contribution in [0, 0.1) is 6.92 Å². The molecule has 0 bridgehead atoms. The van der Waals surface area contributed by atoms with E-state index in [0.717, 1.165) is 0 Å². The van der Waals surface area contributed by atoms with E-state index in [0.29, 0.717) is 22.4 Å². The van der Waals surface area contributed by atoms with E-state index in [1.165, 1.54) is 13.0 Å². The van der Waals surface area contributed by atoms with Gasteiger partial charge >= 0.3 is 11.6 Å². The minimum absolute atomic E-state index is 0.167. The third-order valence-electron chi connectivity index (χ3n) is 3.70. The molecule has 0 aliphatic rings. The second-order valence-electron chi connectivity index (χ2n) is 5.28. The van der Waals surface area contributed by atoms with Crippen LogP contribution in [0.15, 0.2) is 58.3 Å². The zero-order valence-corrected chi connectivity index (χ0v) is 13.0. The van der Waals surface area contributed by atoms with E-state index >= 15 is 0 Å². The van der Waals surface area contributed by atoms with Crippen LogP contribution >= 0.6 is 0 Å². The fourth-order valence-corrected chi connectivity index (χ4v) is 2.47. The highest BCUT2D eigenvalue weighted by atomic mass is 16.5. The molecular formula is C19H15NO4. The molecule has 0 amide bonds. The number of rotatable bonds is 3. The van der Waals surface area contributed by atoms with Gasteiger partial charge in [0.15, 0.2) is 0 Å². The highest BCUT2D eigenvalue weighted by Gasteiger charge is 2.20. The number of fused-ring (bicyclic) bond motifs is 1. The Morgan fingerprint density at radius 2 is 2.00 bits per heavy atom.